The van der Waals surface area contributed by atoms with Crippen LogP contribution in [0.4, 0.5) is 14.8 Å². The second-order valence-corrected chi connectivity index (χ2v) is 7.02. The van der Waals surface area contributed by atoms with E-state index in [1.165, 1.54) is 12.1 Å². The third-order valence-corrected chi connectivity index (χ3v) is 5.15. The molecule has 0 spiro atoms. The SMILES string of the molecule is O=C(NCC1(F)CCN(c2nc3ccc(F)cc3o2)CC1)C1CCOC1. The lowest BCUT2D eigenvalue weighted by molar-refractivity contribution is -0.125. The van der Waals surface area contributed by atoms with E-state index in [2.05, 4.69) is 10.3 Å². The molecule has 0 saturated carbocycles. The molecule has 2 aliphatic rings. The van der Waals surface area contributed by atoms with Crippen molar-refractivity contribution in [3.63, 3.8) is 0 Å². The number of alkyl halides is 1. The van der Waals surface area contributed by atoms with Gasteiger partial charge in [-0.1, -0.05) is 0 Å². The van der Waals surface area contributed by atoms with E-state index >= 15 is 0 Å². The maximum Gasteiger partial charge on any atom is 0.298 e. The number of ether oxygens (including phenoxy) is 1. The Bertz CT molecular complexity index is 796. The highest BCUT2D eigenvalue weighted by Gasteiger charge is 2.37. The first-order chi connectivity index (χ1) is 12.5. The quantitative estimate of drug-likeness (QED) is 0.901. The Morgan fingerprint density at radius 2 is 2.19 bits per heavy atom. The molecule has 1 aromatic heterocycles. The van der Waals surface area contributed by atoms with Crippen LogP contribution in [0.5, 0.6) is 0 Å². The molecule has 1 aromatic carbocycles. The Labute approximate surface area is 149 Å². The molecular weight excluding hydrogens is 344 g/mol. The first kappa shape index (κ1) is 17.2. The van der Waals surface area contributed by atoms with Crippen LogP contribution in [0.1, 0.15) is 19.3 Å². The van der Waals surface area contributed by atoms with Crippen LogP contribution in [0.15, 0.2) is 22.6 Å². The van der Waals surface area contributed by atoms with Crippen molar-refractivity contribution in [1.82, 2.24) is 10.3 Å². The van der Waals surface area contributed by atoms with E-state index in [-0.39, 0.29) is 37.0 Å². The van der Waals surface area contributed by atoms with E-state index in [9.17, 15) is 13.6 Å². The smallest absolute Gasteiger partial charge is 0.298 e. The molecule has 1 atom stereocenters. The molecule has 4 rings (SSSR count). The van der Waals surface area contributed by atoms with Crippen LogP contribution in [0, 0.1) is 11.7 Å². The third-order valence-electron chi connectivity index (χ3n) is 5.15. The zero-order chi connectivity index (χ0) is 18.1. The summed E-state index contributed by atoms with van der Waals surface area (Å²) in [4.78, 5) is 18.2. The van der Waals surface area contributed by atoms with Gasteiger partial charge in [-0.05, 0) is 18.6 Å². The topological polar surface area (TPSA) is 67.6 Å². The molecule has 1 unspecified atom stereocenters. The Kier molecular flexibility index (Phi) is 4.52. The van der Waals surface area contributed by atoms with Crippen molar-refractivity contribution in [3.05, 3.63) is 24.0 Å². The molecule has 2 saturated heterocycles. The van der Waals surface area contributed by atoms with Crippen LogP contribution in [-0.4, -0.2) is 49.4 Å². The number of rotatable bonds is 4. The highest BCUT2D eigenvalue weighted by atomic mass is 19.1. The molecule has 3 heterocycles. The number of nitrogens with zero attached hydrogens (tertiary/aromatic N) is 2. The number of hydrogen-bond acceptors (Lipinski definition) is 5. The molecule has 2 aliphatic heterocycles. The summed E-state index contributed by atoms with van der Waals surface area (Å²) in [5, 5.41) is 2.72. The van der Waals surface area contributed by atoms with Crippen LogP contribution in [0.2, 0.25) is 0 Å². The van der Waals surface area contributed by atoms with Crippen LogP contribution >= 0.6 is 0 Å². The lowest BCUT2D eigenvalue weighted by atomic mass is 9.93. The maximum absolute atomic E-state index is 15.0. The fourth-order valence-electron chi connectivity index (χ4n) is 3.43. The van der Waals surface area contributed by atoms with Gasteiger partial charge < -0.3 is 19.4 Å². The number of aromatic nitrogens is 1. The summed E-state index contributed by atoms with van der Waals surface area (Å²) >= 11 is 0. The second kappa shape index (κ2) is 6.83. The van der Waals surface area contributed by atoms with Gasteiger partial charge in [-0.25, -0.2) is 8.78 Å². The summed E-state index contributed by atoms with van der Waals surface area (Å²) in [5.41, 5.74) is -0.489. The predicted octanol–water partition coefficient (Wildman–Crippen LogP) is 2.43. The minimum absolute atomic E-state index is 0.00887. The Morgan fingerprint density at radius 1 is 1.38 bits per heavy atom. The van der Waals surface area contributed by atoms with Gasteiger partial charge in [0.1, 0.15) is 17.0 Å². The van der Waals surface area contributed by atoms with Crippen molar-refractivity contribution in [2.45, 2.75) is 24.9 Å². The number of halogens is 2. The number of piperidine rings is 1. The summed E-state index contributed by atoms with van der Waals surface area (Å²) in [5.74, 6) is -0.688. The van der Waals surface area contributed by atoms with E-state index in [4.69, 9.17) is 9.15 Å². The molecule has 2 fully saturated rings. The number of carbonyl (C=O) groups excluding carboxylic acids is 1. The highest BCUT2D eigenvalue weighted by molar-refractivity contribution is 5.79. The van der Waals surface area contributed by atoms with Crippen molar-refractivity contribution >= 4 is 23.0 Å². The van der Waals surface area contributed by atoms with Crippen LogP contribution in [-0.2, 0) is 9.53 Å². The Morgan fingerprint density at radius 3 is 2.92 bits per heavy atom. The number of hydrogen-bond donors (Lipinski definition) is 1. The van der Waals surface area contributed by atoms with Gasteiger partial charge in [0, 0.05) is 38.6 Å². The van der Waals surface area contributed by atoms with Gasteiger partial charge in [0.15, 0.2) is 5.58 Å². The minimum atomic E-state index is -1.44. The van der Waals surface area contributed by atoms with Crippen LogP contribution in [0.25, 0.3) is 11.1 Å². The summed E-state index contributed by atoms with van der Waals surface area (Å²) in [6.07, 6.45) is 1.22. The molecule has 1 amide bonds. The number of carbonyl (C=O) groups is 1. The number of nitrogens with one attached hydrogen (secondary N) is 1. The van der Waals surface area contributed by atoms with Gasteiger partial charge in [0.25, 0.3) is 6.01 Å². The molecule has 26 heavy (non-hydrogen) atoms. The summed E-state index contributed by atoms with van der Waals surface area (Å²) in [6, 6.07) is 4.55. The number of fused-ring (bicyclic) bond motifs is 1. The number of anilines is 1. The van der Waals surface area contributed by atoms with Crippen molar-refractivity contribution < 1.29 is 22.7 Å². The summed E-state index contributed by atoms with van der Waals surface area (Å²) in [7, 11) is 0. The van der Waals surface area contributed by atoms with Crippen molar-refractivity contribution in [2.75, 3.05) is 37.7 Å². The van der Waals surface area contributed by atoms with Crippen molar-refractivity contribution in [1.29, 1.82) is 0 Å². The van der Waals surface area contributed by atoms with E-state index in [1.807, 2.05) is 4.90 Å². The molecule has 1 N–H and O–H groups in total. The molecular formula is C18H21F2N3O3. The van der Waals surface area contributed by atoms with Crippen molar-refractivity contribution in [2.24, 2.45) is 5.92 Å². The molecule has 8 heteroatoms. The van der Waals surface area contributed by atoms with Gasteiger partial charge in [-0.15, -0.1) is 0 Å². The molecule has 0 bridgehead atoms. The molecule has 6 nitrogen and oxygen atoms in total. The highest BCUT2D eigenvalue weighted by Crippen LogP contribution is 2.30. The van der Waals surface area contributed by atoms with Gasteiger partial charge in [0.2, 0.25) is 5.91 Å². The first-order valence-corrected chi connectivity index (χ1v) is 8.88. The van der Waals surface area contributed by atoms with Gasteiger partial charge in [-0.2, -0.15) is 4.98 Å². The average Bonchev–Trinajstić information content (AvgIpc) is 3.29. The lowest BCUT2D eigenvalue weighted by Gasteiger charge is -2.35. The summed E-state index contributed by atoms with van der Waals surface area (Å²) in [6.45, 7) is 1.86. The van der Waals surface area contributed by atoms with E-state index in [0.717, 1.165) is 0 Å². The largest absolute Gasteiger partial charge is 0.423 e. The Balaban J connectivity index is 1.34. The molecule has 0 radical (unpaired) electrons. The standard InChI is InChI=1S/C18H21F2N3O3/c19-13-1-2-14-15(9-13)26-17(22-14)23-6-4-18(20,5-7-23)11-21-16(24)12-3-8-25-10-12/h1-2,9,12H,3-8,10-11H2,(H,21,24). The minimum Gasteiger partial charge on any atom is -0.423 e. The number of benzene rings is 1. The van der Waals surface area contributed by atoms with Crippen LogP contribution in [0.3, 0.4) is 0 Å². The zero-order valence-corrected chi connectivity index (χ0v) is 14.3. The third kappa shape index (κ3) is 3.51. The number of amides is 1. The van der Waals surface area contributed by atoms with Crippen molar-refractivity contribution in [3.8, 4) is 0 Å². The fourth-order valence-corrected chi connectivity index (χ4v) is 3.43. The Hall–Kier alpha value is -2.22. The zero-order valence-electron chi connectivity index (χ0n) is 14.3. The molecule has 0 aliphatic carbocycles. The van der Waals surface area contributed by atoms with E-state index in [1.54, 1.807) is 6.07 Å². The van der Waals surface area contributed by atoms with Crippen LogP contribution < -0.4 is 10.2 Å². The lowest BCUT2D eigenvalue weighted by Crippen LogP contribution is -2.49. The average molecular weight is 365 g/mol. The normalized spacial score (nSPS) is 22.7. The molecule has 140 valence electrons. The van der Waals surface area contributed by atoms with Gasteiger partial charge >= 0.3 is 0 Å². The van der Waals surface area contributed by atoms with Gasteiger partial charge in [0.05, 0.1) is 19.1 Å². The second-order valence-electron chi connectivity index (χ2n) is 7.02. The predicted molar refractivity (Wildman–Crippen MR) is 91.2 cm³/mol. The van der Waals surface area contributed by atoms with E-state index in [0.29, 0.717) is 49.8 Å². The van der Waals surface area contributed by atoms with Gasteiger partial charge in [-0.3, -0.25) is 4.79 Å². The monoisotopic (exact) mass is 365 g/mol. The number of oxazole rings is 1. The summed E-state index contributed by atoms with van der Waals surface area (Å²) < 4.78 is 39.0. The van der Waals surface area contributed by atoms with E-state index < -0.39 is 5.67 Å². The maximum atomic E-state index is 15.0. The molecule has 2 aromatic rings. The first-order valence-electron chi connectivity index (χ1n) is 8.88. The fraction of sp³-hybridized carbons (Fsp3) is 0.556.